The molecule has 0 saturated carbocycles. The molecule has 23 heavy (non-hydrogen) atoms. The molecule has 1 heterocycles. The first kappa shape index (κ1) is 19.4. The molecule has 1 fully saturated rings. The average molecular weight is 328 g/mol. The average Bonchev–Trinajstić information content (AvgIpc) is 2.52. The van der Waals surface area contributed by atoms with Gasteiger partial charge in [-0.1, -0.05) is 0 Å². The summed E-state index contributed by atoms with van der Waals surface area (Å²) >= 11 is 0. The largest absolute Gasteiger partial charge is 0.480 e. The van der Waals surface area contributed by atoms with Crippen LogP contribution in [0.5, 0.6) is 0 Å². The molecule has 0 aromatic heterocycles. The highest BCUT2D eigenvalue weighted by molar-refractivity contribution is 6.33. The summed E-state index contributed by atoms with van der Waals surface area (Å²) in [6.07, 6.45) is 0. The van der Waals surface area contributed by atoms with Crippen molar-refractivity contribution in [2.24, 2.45) is 5.64 Å². The van der Waals surface area contributed by atoms with Crippen LogP contribution >= 0.6 is 0 Å². The van der Waals surface area contributed by atoms with Gasteiger partial charge in [-0.05, 0) is 0 Å². The molecule has 0 aromatic carbocycles. The van der Waals surface area contributed by atoms with Crippen LogP contribution in [0.1, 0.15) is 0 Å². The fourth-order valence-corrected chi connectivity index (χ4v) is 2.38. The Morgan fingerprint density at radius 2 is 1.17 bits per heavy atom. The van der Waals surface area contributed by atoms with Gasteiger partial charge in [0.1, 0.15) is 0 Å². The molecule has 129 valence electrons. The second-order valence-corrected chi connectivity index (χ2v) is 5.35. The number of carboxylic acid groups (broad SMARTS) is 2. The minimum absolute atomic E-state index is 0.114. The molecule has 1 aliphatic heterocycles. The zero-order valence-corrected chi connectivity index (χ0v) is 13.0. The zero-order valence-electron chi connectivity index (χ0n) is 13.0. The predicted molar refractivity (Wildman–Crippen MR) is 82.7 cm³/mol. The third kappa shape index (κ3) is 8.50. The van der Waals surface area contributed by atoms with Crippen LogP contribution in [-0.2, 0) is 14.4 Å². The van der Waals surface area contributed by atoms with Crippen molar-refractivity contribution in [2.75, 3.05) is 58.9 Å². The fraction of sp³-hybridized carbons (Fsp3) is 0.750. The summed E-state index contributed by atoms with van der Waals surface area (Å²) in [4.78, 5) is 38.8. The van der Waals surface area contributed by atoms with Gasteiger partial charge in [0.25, 0.3) is 0 Å². The van der Waals surface area contributed by atoms with Crippen molar-refractivity contribution in [1.29, 1.82) is 0 Å². The predicted octanol–water partition coefficient (Wildman–Crippen LogP) is -3.32. The van der Waals surface area contributed by atoms with Gasteiger partial charge in [0, 0.05) is 39.3 Å². The molecular formula is C12H23BN5O5. The van der Waals surface area contributed by atoms with Crippen molar-refractivity contribution in [1.82, 2.24) is 19.9 Å². The van der Waals surface area contributed by atoms with E-state index in [1.54, 1.807) is 9.80 Å². The zero-order chi connectivity index (χ0) is 17.2. The Balaban J connectivity index is 2.68. The van der Waals surface area contributed by atoms with Crippen molar-refractivity contribution in [2.45, 2.75) is 0 Å². The van der Waals surface area contributed by atoms with Crippen molar-refractivity contribution >= 4 is 25.4 Å². The highest BCUT2D eigenvalue weighted by Gasteiger charge is 2.20. The molecule has 1 saturated heterocycles. The summed E-state index contributed by atoms with van der Waals surface area (Å²) in [5, 5.41) is 20.3. The van der Waals surface area contributed by atoms with Crippen LogP contribution in [0.25, 0.3) is 0 Å². The topological polar surface area (TPSA) is 139 Å². The smallest absolute Gasteiger partial charge is 0.345 e. The van der Waals surface area contributed by atoms with Gasteiger partial charge in [0.15, 0.2) is 0 Å². The number of carbonyl (C=O) groups is 3. The summed E-state index contributed by atoms with van der Waals surface area (Å²) in [5.74, 6) is -2.13. The van der Waals surface area contributed by atoms with Gasteiger partial charge in [-0.2, -0.15) is 0 Å². The second-order valence-electron chi connectivity index (χ2n) is 5.35. The van der Waals surface area contributed by atoms with Gasteiger partial charge < -0.3 is 21.1 Å². The van der Waals surface area contributed by atoms with Crippen LogP contribution in [0.2, 0.25) is 0 Å². The van der Waals surface area contributed by atoms with Gasteiger partial charge >= 0.3 is 19.5 Å². The SMILES string of the molecule is N[B]NC(=O)CN1CCN(CC(=O)O)CCN(CC(=O)O)CC1. The third-order valence-electron chi connectivity index (χ3n) is 3.53. The Morgan fingerprint density at radius 3 is 1.48 bits per heavy atom. The van der Waals surface area contributed by atoms with Crippen molar-refractivity contribution in [3.05, 3.63) is 0 Å². The fourth-order valence-electron chi connectivity index (χ4n) is 2.38. The van der Waals surface area contributed by atoms with Crippen LogP contribution in [-0.4, -0.2) is 109 Å². The van der Waals surface area contributed by atoms with Crippen molar-refractivity contribution < 1.29 is 24.6 Å². The van der Waals surface area contributed by atoms with Gasteiger partial charge in [-0.25, -0.2) is 0 Å². The maximum Gasteiger partial charge on any atom is 0.345 e. The van der Waals surface area contributed by atoms with E-state index in [1.807, 2.05) is 4.90 Å². The Kier molecular flexibility index (Phi) is 8.55. The summed E-state index contributed by atoms with van der Waals surface area (Å²) in [6, 6.07) is 0. The number of nitrogens with one attached hydrogen (secondary N) is 1. The first-order valence-electron chi connectivity index (χ1n) is 7.34. The lowest BCUT2D eigenvalue weighted by atomic mass is 10.2. The van der Waals surface area contributed by atoms with E-state index < -0.39 is 11.9 Å². The number of nitrogens with zero attached hydrogens (tertiary/aromatic N) is 3. The van der Waals surface area contributed by atoms with Gasteiger partial charge in [-0.3, -0.25) is 29.1 Å². The molecule has 0 bridgehead atoms. The molecule has 1 rings (SSSR count). The standard InChI is InChI=1S/C12H23BN5O5/c14-13-15-10(19)7-16-1-3-17(8-11(20)21)5-6-18(4-2-16)9-12(22)23/h1-9,14H2,(H,15,19)(H,20,21)(H,22,23). The Bertz CT molecular complexity index is 397. The number of hydrogen-bond acceptors (Lipinski definition) is 7. The number of amides is 1. The van der Waals surface area contributed by atoms with E-state index in [-0.39, 0.29) is 25.5 Å². The van der Waals surface area contributed by atoms with E-state index in [0.717, 1.165) is 7.55 Å². The quantitative estimate of drug-likeness (QED) is 0.354. The van der Waals surface area contributed by atoms with E-state index >= 15 is 0 Å². The minimum Gasteiger partial charge on any atom is -0.480 e. The monoisotopic (exact) mass is 328 g/mol. The Hall–Kier alpha value is -1.69. The molecule has 1 radical (unpaired) electrons. The summed E-state index contributed by atoms with van der Waals surface area (Å²) in [6.45, 7) is 2.86. The van der Waals surface area contributed by atoms with Crippen LogP contribution in [0.3, 0.4) is 0 Å². The lowest BCUT2D eigenvalue weighted by Crippen LogP contribution is -2.45. The number of carboxylic acids is 2. The minimum atomic E-state index is -0.934. The van der Waals surface area contributed by atoms with E-state index in [2.05, 4.69) is 5.23 Å². The van der Waals surface area contributed by atoms with E-state index in [9.17, 15) is 14.4 Å². The van der Waals surface area contributed by atoms with Crippen LogP contribution in [0.15, 0.2) is 0 Å². The van der Waals surface area contributed by atoms with E-state index in [4.69, 9.17) is 15.9 Å². The van der Waals surface area contributed by atoms with Crippen LogP contribution < -0.4 is 10.9 Å². The van der Waals surface area contributed by atoms with Crippen LogP contribution in [0.4, 0.5) is 0 Å². The Labute approximate surface area is 135 Å². The number of aliphatic carboxylic acids is 2. The van der Waals surface area contributed by atoms with Crippen LogP contribution in [0, 0.1) is 0 Å². The normalized spacial score (nSPS) is 18.5. The second kappa shape index (κ2) is 10.2. The number of hydrogen-bond donors (Lipinski definition) is 4. The number of rotatable bonds is 7. The van der Waals surface area contributed by atoms with Gasteiger partial charge in [0.2, 0.25) is 5.91 Å². The van der Waals surface area contributed by atoms with Crippen molar-refractivity contribution in [3.8, 4) is 0 Å². The van der Waals surface area contributed by atoms with Gasteiger partial charge in [0.05, 0.1) is 19.6 Å². The lowest BCUT2D eigenvalue weighted by Gasteiger charge is -2.24. The molecule has 11 heteroatoms. The van der Waals surface area contributed by atoms with Crippen molar-refractivity contribution in [3.63, 3.8) is 0 Å². The molecule has 10 nitrogen and oxygen atoms in total. The first-order chi connectivity index (χ1) is 10.9. The maximum absolute atomic E-state index is 11.6. The van der Waals surface area contributed by atoms with E-state index in [0.29, 0.717) is 39.3 Å². The summed E-state index contributed by atoms with van der Waals surface area (Å²) in [7, 11) is 1.06. The number of nitrogens with two attached hydrogens (primary N) is 1. The summed E-state index contributed by atoms with van der Waals surface area (Å²) in [5.41, 5.74) is 5.15. The molecule has 0 unspecified atom stereocenters. The van der Waals surface area contributed by atoms with Gasteiger partial charge in [-0.15, -0.1) is 0 Å². The molecule has 0 aliphatic carbocycles. The third-order valence-corrected chi connectivity index (χ3v) is 3.53. The number of carbonyl (C=O) groups excluding carboxylic acids is 1. The lowest BCUT2D eigenvalue weighted by molar-refractivity contribution is -0.140. The Morgan fingerprint density at radius 1 is 0.826 bits per heavy atom. The highest BCUT2D eigenvalue weighted by atomic mass is 16.4. The molecule has 0 atom stereocenters. The van der Waals surface area contributed by atoms with E-state index in [1.165, 1.54) is 0 Å². The molecular weight excluding hydrogens is 305 g/mol. The summed E-state index contributed by atoms with van der Waals surface area (Å²) < 4.78 is 0. The molecule has 1 amide bonds. The molecule has 5 N–H and O–H groups in total. The highest BCUT2D eigenvalue weighted by Crippen LogP contribution is 2.01. The molecule has 1 aliphatic rings. The maximum atomic E-state index is 11.6. The molecule has 0 aromatic rings. The molecule has 0 spiro atoms. The first-order valence-corrected chi connectivity index (χ1v) is 7.34.